The summed E-state index contributed by atoms with van der Waals surface area (Å²) in [4.78, 5) is 20.0. The van der Waals surface area contributed by atoms with Crippen molar-refractivity contribution >= 4 is 65.4 Å². The van der Waals surface area contributed by atoms with Crippen molar-refractivity contribution in [1.29, 1.82) is 0 Å². The Morgan fingerprint density at radius 1 is 0.261 bits per heavy atom. The van der Waals surface area contributed by atoms with Gasteiger partial charge in [0, 0.05) is 72.8 Å². The standard InChI is InChI=1S/C62H39N7/c1-3-15-41(16-4-1)60-64-61(42-17-5-2-6-18-42)66-62(65-60)50-30-27-43(40-33-35-63-36-34-40)37-59(50)69-57-31-28-44(67-53-23-11-7-19-46(53)47-20-8-12-24-54(47)67)38-51(57)52-39-45(29-32-58(52)69)68-55-25-13-9-21-48(55)49-22-10-14-26-56(49)68/h1-39H. The van der Waals surface area contributed by atoms with Gasteiger partial charge in [-0.15, -0.1) is 0 Å². The Kier molecular flexibility index (Phi) is 8.75. The quantitative estimate of drug-likeness (QED) is 0.160. The molecule has 69 heavy (non-hydrogen) atoms. The third-order valence-electron chi connectivity index (χ3n) is 13.6. The molecule has 322 valence electrons. The third kappa shape index (κ3) is 6.21. The van der Waals surface area contributed by atoms with Gasteiger partial charge in [0.15, 0.2) is 17.5 Å². The van der Waals surface area contributed by atoms with Crippen LogP contribution in [0.3, 0.4) is 0 Å². The second-order valence-electron chi connectivity index (χ2n) is 17.5. The SMILES string of the molecule is c1ccc(-c2nc(-c3ccccc3)nc(-c3ccc(-c4ccncc4)cc3-n3c4ccc(-n5c6ccccc6c6ccccc65)cc4c4cc(-n5c6ccccc6c6ccccc65)ccc43)n2)cc1. The molecule has 0 atom stereocenters. The van der Waals surface area contributed by atoms with Crippen molar-refractivity contribution in [2.24, 2.45) is 0 Å². The first-order chi connectivity index (χ1) is 34.2. The molecule has 0 N–H and O–H groups in total. The highest BCUT2D eigenvalue weighted by atomic mass is 15.1. The number of hydrogen-bond acceptors (Lipinski definition) is 4. The molecule has 9 aromatic carbocycles. The summed E-state index contributed by atoms with van der Waals surface area (Å²) in [5.74, 6) is 1.80. The Hall–Kier alpha value is -9.46. The second kappa shape index (κ2) is 15.6. The minimum absolute atomic E-state index is 0.581. The molecule has 0 spiro atoms. The predicted molar refractivity (Wildman–Crippen MR) is 282 cm³/mol. The zero-order valence-corrected chi connectivity index (χ0v) is 37.1. The Morgan fingerprint density at radius 2 is 0.667 bits per heavy atom. The number of rotatable bonds is 7. The summed E-state index contributed by atoms with van der Waals surface area (Å²) in [5.41, 5.74) is 14.7. The number of fused-ring (bicyclic) bond motifs is 9. The van der Waals surface area contributed by atoms with Crippen LogP contribution in [-0.4, -0.2) is 33.6 Å². The van der Waals surface area contributed by atoms with Gasteiger partial charge < -0.3 is 13.7 Å². The van der Waals surface area contributed by atoms with Crippen LogP contribution in [-0.2, 0) is 0 Å². The number of nitrogens with zero attached hydrogens (tertiary/aromatic N) is 7. The van der Waals surface area contributed by atoms with Crippen LogP contribution in [0.2, 0.25) is 0 Å². The maximum absolute atomic E-state index is 5.29. The summed E-state index contributed by atoms with van der Waals surface area (Å²) < 4.78 is 7.21. The summed E-state index contributed by atoms with van der Waals surface area (Å²) in [6.07, 6.45) is 3.69. The summed E-state index contributed by atoms with van der Waals surface area (Å²) in [7, 11) is 0. The van der Waals surface area contributed by atoms with E-state index in [-0.39, 0.29) is 0 Å². The minimum atomic E-state index is 0.581. The number of para-hydroxylation sites is 4. The fourth-order valence-corrected chi connectivity index (χ4v) is 10.5. The molecule has 0 aliphatic carbocycles. The maximum Gasteiger partial charge on any atom is 0.166 e. The topological polar surface area (TPSA) is 66.3 Å². The highest BCUT2D eigenvalue weighted by Gasteiger charge is 2.23. The lowest BCUT2D eigenvalue weighted by Crippen LogP contribution is -2.04. The zero-order chi connectivity index (χ0) is 45.4. The predicted octanol–water partition coefficient (Wildman–Crippen LogP) is 15.2. The normalized spacial score (nSPS) is 11.8. The first-order valence-electron chi connectivity index (χ1n) is 23.2. The molecule has 0 aliphatic rings. The van der Waals surface area contributed by atoms with Gasteiger partial charge in [-0.3, -0.25) is 4.98 Å². The van der Waals surface area contributed by atoms with E-state index in [1.807, 2.05) is 48.8 Å². The zero-order valence-electron chi connectivity index (χ0n) is 37.1. The van der Waals surface area contributed by atoms with E-state index in [2.05, 4.69) is 207 Å². The molecule has 0 bridgehead atoms. The van der Waals surface area contributed by atoms with Gasteiger partial charge >= 0.3 is 0 Å². The van der Waals surface area contributed by atoms with Gasteiger partial charge in [-0.1, -0.05) is 140 Å². The monoisotopic (exact) mass is 881 g/mol. The Labute approximate surface area is 396 Å². The van der Waals surface area contributed by atoms with Crippen molar-refractivity contribution in [3.8, 4) is 62.4 Å². The average Bonchev–Trinajstić information content (AvgIpc) is 4.06. The van der Waals surface area contributed by atoms with Crippen molar-refractivity contribution in [2.75, 3.05) is 0 Å². The molecule has 14 aromatic rings. The van der Waals surface area contributed by atoms with Crippen LogP contribution < -0.4 is 0 Å². The molecule has 0 unspecified atom stereocenters. The van der Waals surface area contributed by atoms with Crippen molar-refractivity contribution in [1.82, 2.24) is 33.6 Å². The van der Waals surface area contributed by atoms with Crippen LogP contribution in [0.5, 0.6) is 0 Å². The van der Waals surface area contributed by atoms with Crippen LogP contribution in [0.15, 0.2) is 237 Å². The molecule has 5 aromatic heterocycles. The van der Waals surface area contributed by atoms with Crippen LogP contribution in [0.25, 0.3) is 128 Å². The smallest absolute Gasteiger partial charge is 0.166 e. The van der Waals surface area contributed by atoms with Gasteiger partial charge in [0.25, 0.3) is 0 Å². The Morgan fingerprint density at radius 3 is 1.13 bits per heavy atom. The van der Waals surface area contributed by atoms with E-state index >= 15 is 0 Å². The minimum Gasteiger partial charge on any atom is -0.309 e. The Bertz CT molecular complexity index is 3970. The summed E-state index contributed by atoms with van der Waals surface area (Å²) >= 11 is 0. The van der Waals surface area contributed by atoms with Crippen LogP contribution in [0, 0.1) is 0 Å². The molecule has 0 fully saturated rings. The fourth-order valence-electron chi connectivity index (χ4n) is 10.5. The van der Waals surface area contributed by atoms with Crippen molar-refractivity contribution in [3.05, 3.63) is 237 Å². The maximum atomic E-state index is 5.29. The largest absolute Gasteiger partial charge is 0.309 e. The molecule has 0 aliphatic heterocycles. The Balaban J connectivity index is 1.09. The van der Waals surface area contributed by atoms with E-state index < -0.39 is 0 Å². The number of hydrogen-bond donors (Lipinski definition) is 0. The second-order valence-corrected chi connectivity index (χ2v) is 17.5. The molecule has 0 saturated heterocycles. The molecule has 0 saturated carbocycles. The molecule has 14 rings (SSSR count). The van der Waals surface area contributed by atoms with Gasteiger partial charge in [0.05, 0.1) is 38.8 Å². The van der Waals surface area contributed by atoms with E-state index in [4.69, 9.17) is 15.0 Å². The summed E-state index contributed by atoms with van der Waals surface area (Å²) in [5, 5.41) is 7.15. The van der Waals surface area contributed by atoms with E-state index in [9.17, 15) is 0 Å². The lowest BCUT2D eigenvalue weighted by atomic mass is 10.0. The highest BCUT2D eigenvalue weighted by molar-refractivity contribution is 6.14. The van der Waals surface area contributed by atoms with E-state index in [1.54, 1.807) is 0 Å². The number of benzene rings is 9. The molecule has 7 heteroatoms. The molecular weight excluding hydrogens is 843 g/mol. The lowest BCUT2D eigenvalue weighted by Gasteiger charge is -2.17. The molecule has 0 amide bonds. The number of pyridine rings is 1. The average molecular weight is 882 g/mol. The van der Waals surface area contributed by atoms with Gasteiger partial charge in [-0.25, -0.2) is 15.0 Å². The van der Waals surface area contributed by atoms with E-state index in [0.717, 1.165) is 66.7 Å². The summed E-state index contributed by atoms with van der Waals surface area (Å²) in [6, 6.07) is 79.7. The van der Waals surface area contributed by atoms with E-state index in [0.29, 0.717) is 17.5 Å². The lowest BCUT2D eigenvalue weighted by molar-refractivity contribution is 1.06. The van der Waals surface area contributed by atoms with Gasteiger partial charge in [0.2, 0.25) is 0 Å². The van der Waals surface area contributed by atoms with Crippen molar-refractivity contribution in [3.63, 3.8) is 0 Å². The van der Waals surface area contributed by atoms with Crippen LogP contribution in [0.4, 0.5) is 0 Å². The number of aromatic nitrogens is 7. The highest BCUT2D eigenvalue weighted by Crippen LogP contribution is 2.42. The first-order valence-corrected chi connectivity index (χ1v) is 23.2. The van der Waals surface area contributed by atoms with Crippen molar-refractivity contribution in [2.45, 2.75) is 0 Å². The first kappa shape index (κ1) is 38.8. The third-order valence-corrected chi connectivity index (χ3v) is 13.6. The van der Waals surface area contributed by atoms with E-state index in [1.165, 1.54) is 43.6 Å². The molecule has 7 nitrogen and oxygen atoms in total. The van der Waals surface area contributed by atoms with Gasteiger partial charge in [-0.2, -0.15) is 0 Å². The summed E-state index contributed by atoms with van der Waals surface area (Å²) in [6.45, 7) is 0. The van der Waals surface area contributed by atoms with Crippen LogP contribution >= 0.6 is 0 Å². The van der Waals surface area contributed by atoms with Gasteiger partial charge in [0.1, 0.15) is 0 Å². The molecule has 0 radical (unpaired) electrons. The van der Waals surface area contributed by atoms with Gasteiger partial charge in [-0.05, 0) is 96.1 Å². The molecule has 5 heterocycles. The fraction of sp³-hybridized carbons (Fsp3) is 0. The molecular formula is C62H39N7. The van der Waals surface area contributed by atoms with Crippen LogP contribution in [0.1, 0.15) is 0 Å². The van der Waals surface area contributed by atoms with Crippen molar-refractivity contribution < 1.29 is 0 Å².